The zero-order chi connectivity index (χ0) is 17.2. The van der Waals surface area contributed by atoms with Crippen molar-refractivity contribution < 1.29 is 0 Å². The van der Waals surface area contributed by atoms with Crippen LogP contribution in [0, 0.1) is 0 Å². The molecule has 0 saturated carbocycles. The molecule has 2 N–H and O–H groups in total. The summed E-state index contributed by atoms with van der Waals surface area (Å²) in [4.78, 5) is 17.8. The van der Waals surface area contributed by atoms with E-state index in [-0.39, 0.29) is 5.95 Å². The number of anilines is 2. The van der Waals surface area contributed by atoms with E-state index in [2.05, 4.69) is 36.8 Å². The van der Waals surface area contributed by atoms with E-state index >= 15 is 0 Å². The zero-order valence-corrected chi connectivity index (χ0v) is 14.8. The van der Waals surface area contributed by atoms with Crippen LogP contribution in [0.4, 0.5) is 11.8 Å². The topological polar surface area (TPSA) is 89.0 Å². The monoisotopic (exact) mass is 356 g/mol. The van der Waals surface area contributed by atoms with Crippen molar-refractivity contribution in [3.8, 4) is 5.82 Å². The van der Waals surface area contributed by atoms with Gasteiger partial charge in [-0.3, -0.25) is 4.90 Å². The van der Waals surface area contributed by atoms with Gasteiger partial charge in [-0.05, 0) is 13.0 Å². The molecule has 4 rings (SSSR count). The summed E-state index contributed by atoms with van der Waals surface area (Å²) >= 11 is 1.71. The first-order chi connectivity index (χ1) is 12.2. The van der Waals surface area contributed by atoms with Crippen molar-refractivity contribution in [1.82, 2.24) is 29.6 Å². The molecular formula is C16H20N8S. The molecule has 1 aliphatic rings. The standard InChI is InChI=1S/C16H20N8S/c1-12(15-18-4-10-25-15)22-6-8-23(9-7-22)13-11-14(21-16(17)20-13)24-5-2-3-19-24/h2-5,10-12H,6-9H2,1H3,(H2,17,20,21). The molecule has 0 bridgehead atoms. The summed E-state index contributed by atoms with van der Waals surface area (Å²) in [5, 5.41) is 7.41. The Morgan fingerprint density at radius 3 is 2.60 bits per heavy atom. The molecule has 25 heavy (non-hydrogen) atoms. The second-order valence-corrected chi connectivity index (χ2v) is 6.89. The molecule has 1 aliphatic heterocycles. The Morgan fingerprint density at radius 2 is 1.92 bits per heavy atom. The first kappa shape index (κ1) is 16.0. The number of thiazole rings is 1. The zero-order valence-electron chi connectivity index (χ0n) is 14.0. The van der Waals surface area contributed by atoms with Crippen LogP contribution in [-0.4, -0.2) is 55.8 Å². The van der Waals surface area contributed by atoms with E-state index in [1.807, 2.05) is 29.9 Å². The van der Waals surface area contributed by atoms with E-state index in [0.717, 1.165) is 32.0 Å². The molecule has 1 unspecified atom stereocenters. The average Bonchev–Trinajstić information content (AvgIpc) is 3.34. The van der Waals surface area contributed by atoms with E-state index < -0.39 is 0 Å². The van der Waals surface area contributed by atoms with Crippen LogP contribution in [0.15, 0.2) is 36.1 Å². The lowest BCUT2D eigenvalue weighted by atomic mass is 10.2. The molecule has 1 saturated heterocycles. The maximum Gasteiger partial charge on any atom is 0.224 e. The highest BCUT2D eigenvalue weighted by molar-refractivity contribution is 7.09. The van der Waals surface area contributed by atoms with Crippen LogP contribution >= 0.6 is 11.3 Å². The second kappa shape index (κ2) is 6.77. The minimum absolute atomic E-state index is 0.265. The first-order valence-corrected chi connectivity index (χ1v) is 9.11. The molecule has 0 aliphatic carbocycles. The summed E-state index contributed by atoms with van der Waals surface area (Å²) in [7, 11) is 0. The van der Waals surface area contributed by atoms with Gasteiger partial charge in [0.1, 0.15) is 10.8 Å². The maximum atomic E-state index is 5.90. The first-order valence-electron chi connectivity index (χ1n) is 8.23. The van der Waals surface area contributed by atoms with Gasteiger partial charge in [0, 0.05) is 56.2 Å². The van der Waals surface area contributed by atoms with Gasteiger partial charge in [-0.25, -0.2) is 9.67 Å². The number of hydrogen-bond donors (Lipinski definition) is 1. The van der Waals surface area contributed by atoms with Crippen LogP contribution in [0.5, 0.6) is 0 Å². The van der Waals surface area contributed by atoms with Gasteiger partial charge in [0.15, 0.2) is 5.82 Å². The number of hydrogen-bond acceptors (Lipinski definition) is 8. The van der Waals surface area contributed by atoms with Gasteiger partial charge in [0.05, 0.1) is 6.04 Å². The van der Waals surface area contributed by atoms with Crippen LogP contribution in [0.1, 0.15) is 18.0 Å². The van der Waals surface area contributed by atoms with E-state index in [0.29, 0.717) is 11.9 Å². The molecule has 3 aromatic rings. The molecule has 9 heteroatoms. The smallest absolute Gasteiger partial charge is 0.224 e. The predicted octanol–water partition coefficient (Wildman–Crippen LogP) is 1.58. The molecule has 0 radical (unpaired) electrons. The number of rotatable bonds is 4. The van der Waals surface area contributed by atoms with E-state index in [9.17, 15) is 0 Å². The largest absolute Gasteiger partial charge is 0.368 e. The van der Waals surface area contributed by atoms with Crippen molar-refractivity contribution in [3.05, 3.63) is 41.1 Å². The third-order valence-electron chi connectivity index (χ3n) is 4.45. The van der Waals surface area contributed by atoms with Crippen LogP contribution in [0.2, 0.25) is 0 Å². The average molecular weight is 356 g/mol. The van der Waals surface area contributed by atoms with Crippen LogP contribution in [0.25, 0.3) is 5.82 Å². The van der Waals surface area contributed by atoms with Crippen molar-refractivity contribution in [2.24, 2.45) is 0 Å². The van der Waals surface area contributed by atoms with E-state index in [1.165, 1.54) is 5.01 Å². The quantitative estimate of drug-likeness (QED) is 0.759. The Bertz CT molecular complexity index is 809. The SMILES string of the molecule is CC(c1nccs1)N1CCN(c2cc(-n3cccn3)nc(N)n2)CC1. The molecule has 0 spiro atoms. The number of nitrogens with two attached hydrogens (primary N) is 1. The summed E-state index contributed by atoms with van der Waals surface area (Å²) in [5.74, 6) is 1.80. The van der Waals surface area contributed by atoms with Crippen LogP contribution < -0.4 is 10.6 Å². The number of nitrogens with zero attached hydrogens (tertiary/aromatic N) is 7. The van der Waals surface area contributed by atoms with E-state index in [4.69, 9.17) is 5.73 Å². The van der Waals surface area contributed by atoms with Gasteiger partial charge >= 0.3 is 0 Å². The van der Waals surface area contributed by atoms with Gasteiger partial charge in [-0.2, -0.15) is 15.1 Å². The van der Waals surface area contributed by atoms with E-state index in [1.54, 1.807) is 22.2 Å². The number of aromatic nitrogens is 5. The summed E-state index contributed by atoms with van der Waals surface area (Å²) in [5.41, 5.74) is 5.90. The third kappa shape index (κ3) is 3.33. The fraction of sp³-hybridized carbons (Fsp3) is 0.375. The van der Waals surface area contributed by atoms with Crippen molar-refractivity contribution in [1.29, 1.82) is 0 Å². The van der Waals surface area contributed by atoms with Crippen molar-refractivity contribution in [3.63, 3.8) is 0 Å². The van der Waals surface area contributed by atoms with Crippen molar-refractivity contribution in [2.75, 3.05) is 36.8 Å². The van der Waals surface area contributed by atoms with Crippen LogP contribution in [0.3, 0.4) is 0 Å². The molecular weight excluding hydrogens is 336 g/mol. The lowest BCUT2D eigenvalue weighted by Crippen LogP contribution is -2.47. The summed E-state index contributed by atoms with van der Waals surface area (Å²) < 4.78 is 1.70. The van der Waals surface area contributed by atoms with Crippen molar-refractivity contribution in [2.45, 2.75) is 13.0 Å². The Morgan fingerprint density at radius 1 is 1.12 bits per heavy atom. The molecule has 0 amide bonds. The fourth-order valence-electron chi connectivity index (χ4n) is 3.06. The summed E-state index contributed by atoms with van der Waals surface area (Å²) in [6.07, 6.45) is 5.43. The third-order valence-corrected chi connectivity index (χ3v) is 5.40. The highest BCUT2D eigenvalue weighted by Gasteiger charge is 2.24. The molecule has 130 valence electrons. The number of piperazine rings is 1. The van der Waals surface area contributed by atoms with Gasteiger partial charge in [0.25, 0.3) is 0 Å². The maximum absolute atomic E-state index is 5.90. The Hall–Kier alpha value is -2.52. The molecule has 8 nitrogen and oxygen atoms in total. The Kier molecular flexibility index (Phi) is 4.33. The normalized spacial score (nSPS) is 16.9. The molecule has 3 aromatic heterocycles. The minimum Gasteiger partial charge on any atom is -0.368 e. The lowest BCUT2D eigenvalue weighted by Gasteiger charge is -2.38. The van der Waals surface area contributed by atoms with Gasteiger partial charge < -0.3 is 10.6 Å². The Balaban J connectivity index is 1.47. The van der Waals surface area contributed by atoms with Gasteiger partial charge in [0.2, 0.25) is 5.95 Å². The highest BCUT2D eigenvalue weighted by atomic mass is 32.1. The molecule has 0 aromatic carbocycles. The summed E-state index contributed by atoms with van der Waals surface area (Å²) in [6.45, 7) is 5.92. The molecule has 4 heterocycles. The second-order valence-electron chi connectivity index (χ2n) is 5.96. The highest BCUT2D eigenvalue weighted by Crippen LogP contribution is 2.25. The van der Waals surface area contributed by atoms with Crippen LogP contribution in [-0.2, 0) is 0 Å². The predicted molar refractivity (Wildman–Crippen MR) is 97.9 cm³/mol. The minimum atomic E-state index is 0.265. The fourth-order valence-corrected chi connectivity index (χ4v) is 3.79. The Labute approximate surface area is 149 Å². The number of nitrogen functional groups attached to an aromatic ring is 1. The van der Waals surface area contributed by atoms with Gasteiger partial charge in [-0.1, -0.05) is 0 Å². The van der Waals surface area contributed by atoms with Crippen molar-refractivity contribution >= 4 is 23.1 Å². The van der Waals surface area contributed by atoms with Gasteiger partial charge in [-0.15, -0.1) is 11.3 Å². The summed E-state index contributed by atoms with van der Waals surface area (Å²) in [6, 6.07) is 4.14. The molecule has 1 atom stereocenters. The lowest BCUT2D eigenvalue weighted by molar-refractivity contribution is 0.198. The molecule has 1 fully saturated rings.